The van der Waals surface area contributed by atoms with Gasteiger partial charge in [0.15, 0.2) is 0 Å². The average molecular weight is 294 g/mol. The number of hydrogen-bond donors (Lipinski definition) is 1. The van der Waals surface area contributed by atoms with E-state index in [0.29, 0.717) is 0 Å². The van der Waals surface area contributed by atoms with Gasteiger partial charge < -0.3 is 9.88 Å². The summed E-state index contributed by atoms with van der Waals surface area (Å²) in [6.07, 6.45) is 2.96. The van der Waals surface area contributed by atoms with Crippen LogP contribution in [-0.4, -0.2) is 23.6 Å². The molecule has 0 saturated carbocycles. The Bertz CT molecular complexity index is 479. The maximum Gasteiger partial charge on any atom is 0.128 e. The van der Waals surface area contributed by atoms with Crippen molar-refractivity contribution in [2.45, 2.75) is 13.3 Å². The molecule has 2 heterocycles. The molecule has 0 aliphatic heterocycles. The van der Waals surface area contributed by atoms with Crippen LogP contribution in [0.1, 0.15) is 11.4 Å². The fourth-order valence-electron chi connectivity index (χ4n) is 1.67. The largest absolute Gasteiger partial charge is 0.365 e. The van der Waals surface area contributed by atoms with Crippen molar-refractivity contribution in [1.29, 1.82) is 0 Å². The molecule has 0 bridgehead atoms. The minimum Gasteiger partial charge on any atom is -0.365 e. The van der Waals surface area contributed by atoms with Crippen LogP contribution in [0.3, 0.4) is 0 Å². The molecule has 3 nitrogen and oxygen atoms in total. The van der Waals surface area contributed by atoms with Crippen molar-refractivity contribution in [2.24, 2.45) is 0 Å². The summed E-state index contributed by atoms with van der Waals surface area (Å²) < 4.78 is 1.05. The maximum absolute atomic E-state index is 4.54. The first-order chi connectivity index (χ1) is 8.16. The molecular formula is C13H16BrN3. The fraction of sp³-hybridized carbons (Fsp3) is 0.308. The zero-order valence-corrected chi connectivity index (χ0v) is 11.7. The molecule has 2 aromatic heterocycles. The highest BCUT2D eigenvalue weighted by molar-refractivity contribution is 9.10. The molecule has 2 rings (SSSR count). The first-order valence-corrected chi connectivity index (χ1v) is 6.42. The third kappa shape index (κ3) is 3.09. The lowest BCUT2D eigenvalue weighted by molar-refractivity contribution is 0.841. The summed E-state index contributed by atoms with van der Waals surface area (Å²) in [5, 5.41) is 0. The molecule has 0 fully saturated rings. The summed E-state index contributed by atoms with van der Waals surface area (Å²) in [4.78, 5) is 9.92. The van der Waals surface area contributed by atoms with E-state index in [9.17, 15) is 0 Å². The number of rotatable bonds is 4. The molecule has 0 spiro atoms. The summed E-state index contributed by atoms with van der Waals surface area (Å²) in [5.41, 5.74) is 2.28. The number of nitrogens with zero attached hydrogens (tertiary/aromatic N) is 2. The van der Waals surface area contributed by atoms with Crippen LogP contribution in [0.5, 0.6) is 0 Å². The van der Waals surface area contributed by atoms with Crippen molar-refractivity contribution >= 4 is 21.7 Å². The van der Waals surface area contributed by atoms with Gasteiger partial charge in [-0.3, -0.25) is 0 Å². The van der Waals surface area contributed by atoms with Crippen LogP contribution in [-0.2, 0) is 6.42 Å². The molecule has 90 valence electrons. The zero-order valence-electron chi connectivity index (χ0n) is 10.1. The van der Waals surface area contributed by atoms with Gasteiger partial charge in [-0.15, -0.1) is 0 Å². The van der Waals surface area contributed by atoms with E-state index in [1.165, 1.54) is 5.69 Å². The zero-order chi connectivity index (χ0) is 12.3. The fourth-order valence-corrected chi connectivity index (χ4v) is 1.89. The van der Waals surface area contributed by atoms with E-state index in [1.54, 1.807) is 0 Å². The van der Waals surface area contributed by atoms with Crippen molar-refractivity contribution in [3.63, 3.8) is 0 Å². The Kier molecular flexibility index (Phi) is 3.84. The lowest BCUT2D eigenvalue weighted by Crippen LogP contribution is -2.21. The highest BCUT2D eigenvalue weighted by atomic mass is 79.9. The Morgan fingerprint density at radius 3 is 2.82 bits per heavy atom. The molecule has 0 saturated heterocycles. The van der Waals surface area contributed by atoms with E-state index < -0.39 is 0 Å². The van der Waals surface area contributed by atoms with Crippen molar-refractivity contribution < 1.29 is 0 Å². The van der Waals surface area contributed by atoms with Crippen LogP contribution in [0.4, 0.5) is 5.82 Å². The Hall–Kier alpha value is -1.29. The van der Waals surface area contributed by atoms with Gasteiger partial charge >= 0.3 is 0 Å². The monoisotopic (exact) mass is 293 g/mol. The summed E-state index contributed by atoms with van der Waals surface area (Å²) in [7, 11) is 2.07. The molecule has 0 radical (unpaired) electrons. The van der Waals surface area contributed by atoms with E-state index in [0.717, 1.165) is 29.0 Å². The molecule has 0 amide bonds. The van der Waals surface area contributed by atoms with Gasteiger partial charge in [0.05, 0.1) is 5.69 Å². The highest BCUT2D eigenvalue weighted by Gasteiger charge is 2.05. The molecule has 2 aromatic rings. The number of nitrogens with one attached hydrogen (secondary N) is 1. The first kappa shape index (κ1) is 12.2. The molecule has 0 atom stereocenters. The van der Waals surface area contributed by atoms with E-state index in [2.05, 4.69) is 43.9 Å². The Balaban J connectivity index is 1.99. The Morgan fingerprint density at radius 2 is 2.18 bits per heavy atom. The summed E-state index contributed by atoms with van der Waals surface area (Å²) in [6.45, 7) is 2.96. The second kappa shape index (κ2) is 5.36. The summed E-state index contributed by atoms with van der Waals surface area (Å²) in [5.74, 6) is 1.01. The van der Waals surface area contributed by atoms with E-state index >= 15 is 0 Å². The molecule has 0 aliphatic carbocycles. The van der Waals surface area contributed by atoms with Crippen LogP contribution >= 0.6 is 15.9 Å². The van der Waals surface area contributed by atoms with Crippen molar-refractivity contribution in [1.82, 2.24) is 9.97 Å². The van der Waals surface area contributed by atoms with Crippen LogP contribution < -0.4 is 4.90 Å². The predicted octanol–water partition coefficient (Wildman–Crippen LogP) is 3.16. The van der Waals surface area contributed by atoms with E-state index in [1.807, 2.05) is 31.3 Å². The molecule has 0 unspecified atom stereocenters. The normalized spacial score (nSPS) is 10.5. The summed E-state index contributed by atoms with van der Waals surface area (Å²) in [6, 6.07) is 8.21. The van der Waals surface area contributed by atoms with Gasteiger partial charge in [0, 0.05) is 36.4 Å². The van der Waals surface area contributed by atoms with Crippen LogP contribution in [0, 0.1) is 6.92 Å². The van der Waals surface area contributed by atoms with Crippen molar-refractivity contribution in [2.75, 3.05) is 18.5 Å². The molecule has 4 heteroatoms. The van der Waals surface area contributed by atoms with Crippen LogP contribution in [0.25, 0.3) is 0 Å². The van der Waals surface area contributed by atoms with Gasteiger partial charge in [0.1, 0.15) is 5.82 Å². The van der Waals surface area contributed by atoms with Crippen LogP contribution in [0.15, 0.2) is 34.9 Å². The number of halogens is 1. The summed E-state index contributed by atoms with van der Waals surface area (Å²) >= 11 is 3.46. The number of aryl methyl sites for hydroxylation is 1. The number of anilines is 1. The molecule has 17 heavy (non-hydrogen) atoms. The quantitative estimate of drug-likeness (QED) is 0.939. The van der Waals surface area contributed by atoms with Crippen LogP contribution in [0.2, 0.25) is 0 Å². The average Bonchev–Trinajstić information content (AvgIpc) is 2.82. The van der Waals surface area contributed by atoms with Crippen molar-refractivity contribution in [3.8, 4) is 0 Å². The maximum atomic E-state index is 4.54. The molecule has 0 aromatic carbocycles. The second-order valence-corrected chi connectivity index (χ2v) is 4.96. The smallest absolute Gasteiger partial charge is 0.128 e. The minimum absolute atomic E-state index is 0.953. The molecular weight excluding hydrogens is 278 g/mol. The first-order valence-electron chi connectivity index (χ1n) is 5.63. The minimum atomic E-state index is 0.953. The van der Waals surface area contributed by atoms with E-state index in [4.69, 9.17) is 0 Å². The Labute approximate surface area is 110 Å². The lowest BCUT2D eigenvalue weighted by atomic mass is 10.3. The Morgan fingerprint density at radius 1 is 1.35 bits per heavy atom. The number of pyridine rings is 1. The van der Waals surface area contributed by atoms with Crippen molar-refractivity contribution in [3.05, 3.63) is 46.3 Å². The van der Waals surface area contributed by atoms with Gasteiger partial charge in [-0.25, -0.2) is 4.98 Å². The number of likely N-dealkylation sites (N-methyl/N-ethyl adjacent to an activating group) is 1. The van der Waals surface area contributed by atoms with Gasteiger partial charge in [0.2, 0.25) is 0 Å². The molecule has 1 N–H and O–H groups in total. The lowest BCUT2D eigenvalue weighted by Gasteiger charge is -2.18. The number of aromatic nitrogens is 2. The van der Waals surface area contributed by atoms with Gasteiger partial charge in [-0.05, 0) is 47.1 Å². The molecule has 0 aliphatic rings. The second-order valence-electron chi connectivity index (χ2n) is 4.10. The third-order valence-electron chi connectivity index (χ3n) is 2.78. The topological polar surface area (TPSA) is 31.9 Å². The van der Waals surface area contributed by atoms with E-state index in [-0.39, 0.29) is 0 Å². The van der Waals surface area contributed by atoms with Gasteiger partial charge in [0.25, 0.3) is 0 Å². The number of H-pyrrole nitrogens is 1. The van der Waals surface area contributed by atoms with Gasteiger partial charge in [-0.1, -0.05) is 0 Å². The standard InChI is InChI=1S/C13H16BrN3/c1-10-12(14)5-6-13(16-10)17(2)9-7-11-4-3-8-15-11/h3-6,8,15H,7,9H2,1-2H3. The third-order valence-corrected chi connectivity index (χ3v) is 3.61. The number of aromatic amines is 1. The predicted molar refractivity (Wildman–Crippen MR) is 74.4 cm³/mol. The van der Waals surface area contributed by atoms with Gasteiger partial charge in [-0.2, -0.15) is 0 Å². The highest BCUT2D eigenvalue weighted by Crippen LogP contribution is 2.18. The SMILES string of the molecule is Cc1nc(N(C)CCc2ccc[nH]2)ccc1Br. The number of hydrogen-bond acceptors (Lipinski definition) is 2.